The number of anilines is 2. The van der Waals surface area contributed by atoms with Crippen molar-refractivity contribution in [3.05, 3.63) is 89.5 Å². The molecule has 0 saturated heterocycles. The predicted molar refractivity (Wildman–Crippen MR) is 132 cm³/mol. The number of carbonyl (C=O) groups is 2. The van der Waals surface area contributed by atoms with Crippen LogP contribution in [0.2, 0.25) is 0 Å². The highest BCUT2D eigenvalue weighted by atomic mass is 32.2. The molecule has 3 aromatic carbocycles. The fraction of sp³-hybridized carbons (Fsp3) is 0.231. The lowest BCUT2D eigenvalue weighted by Gasteiger charge is -2.25. The summed E-state index contributed by atoms with van der Waals surface area (Å²) in [5.74, 6) is -3.25. The molecule has 2 amide bonds. The number of rotatable bonds is 7. The zero-order valence-electron chi connectivity index (χ0n) is 19.7. The quantitative estimate of drug-likeness (QED) is 0.513. The van der Waals surface area contributed by atoms with E-state index in [-0.39, 0.29) is 23.0 Å². The summed E-state index contributed by atoms with van der Waals surface area (Å²) < 4.78 is 56.1. The Morgan fingerprint density at radius 2 is 1.69 bits per heavy atom. The SMILES string of the molecule is CCN(CC(=O)Nc1c(F)cccc1F)C(=O)c1cccc(S(=O)(=O)N2c3ccccc3C[C@H]2C)c1. The largest absolute Gasteiger partial charge is 0.330 e. The van der Waals surface area contributed by atoms with E-state index in [2.05, 4.69) is 5.32 Å². The molecule has 1 atom stereocenters. The molecule has 0 aliphatic carbocycles. The first-order valence-corrected chi connectivity index (χ1v) is 12.8. The van der Waals surface area contributed by atoms with Gasteiger partial charge in [0, 0.05) is 18.2 Å². The molecule has 0 aromatic heterocycles. The van der Waals surface area contributed by atoms with Crippen molar-refractivity contribution in [2.45, 2.75) is 31.2 Å². The molecule has 7 nitrogen and oxygen atoms in total. The van der Waals surface area contributed by atoms with Crippen LogP contribution in [0, 0.1) is 11.6 Å². The maximum Gasteiger partial charge on any atom is 0.264 e. The molecular formula is C26H25F2N3O4S. The number of benzene rings is 3. The van der Waals surface area contributed by atoms with Gasteiger partial charge in [-0.1, -0.05) is 30.3 Å². The maximum atomic E-state index is 13.9. The van der Waals surface area contributed by atoms with Crippen LogP contribution in [0.1, 0.15) is 29.8 Å². The molecule has 188 valence electrons. The van der Waals surface area contributed by atoms with Crippen LogP contribution < -0.4 is 9.62 Å². The first-order valence-electron chi connectivity index (χ1n) is 11.4. The van der Waals surface area contributed by atoms with E-state index in [1.807, 2.05) is 19.1 Å². The third-order valence-electron chi connectivity index (χ3n) is 6.01. The van der Waals surface area contributed by atoms with Gasteiger partial charge in [-0.15, -0.1) is 0 Å². The Morgan fingerprint density at radius 3 is 2.39 bits per heavy atom. The number of amides is 2. The molecule has 36 heavy (non-hydrogen) atoms. The second kappa shape index (κ2) is 10.1. The van der Waals surface area contributed by atoms with Gasteiger partial charge < -0.3 is 10.2 Å². The summed E-state index contributed by atoms with van der Waals surface area (Å²) in [6.07, 6.45) is 0.579. The molecular weight excluding hydrogens is 488 g/mol. The molecule has 1 N–H and O–H groups in total. The first kappa shape index (κ1) is 25.3. The van der Waals surface area contributed by atoms with Crippen molar-refractivity contribution < 1.29 is 26.8 Å². The summed E-state index contributed by atoms with van der Waals surface area (Å²) in [6.45, 7) is 3.09. The Morgan fingerprint density at radius 1 is 1.03 bits per heavy atom. The van der Waals surface area contributed by atoms with Gasteiger partial charge in [-0.25, -0.2) is 17.2 Å². The van der Waals surface area contributed by atoms with Crippen molar-refractivity contribution in [1.29, 1.82) is 0 Å². The minimum absolute atomic E-state index is 0.0502. The van der Waals surface area contributed by atoms with Crippen LogP contribution >= 0.6 is 0 Å². The van der Waals surface area contributed by atoms with Gasteiger partial charge in [-0.05, 0) is 62.2 Å². The summed E-state index contributed by atoms with van der Waals surface area (Å²) in [6, 6.07) is 15.8. The van der Waals surface area contributed by atoms with E-state index in [1.54, 1.807) is 19.1 Å². The van der Waals surface area contributed by atoms with Crippen LogP contribution in [0.15, 0.2) is 71.6 Å². The Hall–Kier alpha value is -3.79. The van der Waals surface area contributed by atoms with Gasteiger partial charge in [0.1, 0.15) is 23.9 Å². The van der Waals surface area contributed by atoms with Crippen molar-refractivity contribution in [3.63, 3.8) is 0 Å². The number of nitrogens with one attached hydrogen (secondary N) is 1. The molecule has 10 heteroatoms. The van der Waals surface area contributed by atoms with E-state index in [0.717, 1.165) is 22.6 Å². The van der Waals surface area contributed by atoms with Gasteiger partial charge in [-0.2, -0.15) is 0 Å². The predicted octanol–water partition coefficient (Wildman–Crippen LogP) is 4.21. The Kier molecular flexibility index (Phi) is 7.07. The van der Waals surface area contributed by atoms with Crippen LogP contribution in [0.4, 0.5) is 20.2 Å². The zero-order chi connectivity index (χ0) is 26.0. The second-order valence-electron chi connectivity index (χ2n) is 8.47. The summed E-state index contributed by atoms with van der Waals surface area (Å²) in [4.78, 5) is 26.7. The Balaban J connectivity index is 1.55. The minimum atomic E-state index is -3.96. The van der Waals surface area contributed by atoms with Crippen LogP contribution in [0.3, 0.4) is 0 Å². The third-order valence-corrected chi connectivity index (χ3v) is 7.94. The Labute approximate surface area is 208 Å². The highest BCUT2D eigenvalue weighted by Gasteiger charge is 2.36. The number of halogens is 2. The Bertz CT molecular complexity index is 1410. The number of hydrogen-bond donors (Lipinski definition) is 1. The standard InChI is InChI=1S/C26H25F2N3O4S/c1-3-30(16-24(32)29-25-21(27)11-7-12-22(25)28)26(33)19-9-6-10-20(15-19)36(34,35)31-17(2)14-18-8-4-5-13-23(18)31/h4-13,15,17H,3,14,16H2,1-2H3,(H,29,32)/t17-/m1/s1. The lowest BCUT2D eigenvalue weighted by Crippen LogP contribution is -2.38. The molecule has 1 aliphatic rings. The van der Waals surface area contributed by atoms with Gasteiger partial charge in [0.15, 0.2) is 0 Å². The van der Waals surface area contributed by atoms with Gasteiger partial charge in [0.05, 0.1) is 10.6 Å². The molecule has 3 aromatic rings. The van der Waals surface area contributed by atoms with Gasteiger partial charge in [0.25, 0.3) is 15.9 Å². The molecule has 0 bridgehead atoms. The molecule has 0 saturated carbocycles. The van der Waals surface area contributed by atoms with E-state index < -0.39 is 45.7 Å². The molecule has 1 heterocycles. The number of likely N-dealkylation sites (N-methyl/N-ethyl adjacent to an activating group) is 1. The summed E-state index contributed by atoms with van der Waals surface area (Å²) in [5.41, 5.74) is 1.01. The van der Waals surface area contributed by atoms with E-state index >= 15 is 0 Å². The summed E-state index contributed by atoms with van der Waals surface area (Å²) in [7, 11) is -3.96. The smallest absolute Gasteiger partial charge is 0.264 e. The maximum absolute atomic E-state index is 13.9. The van der Waals surface area contributed by atoms with Crippen molar-refractivity contribution >= 4 is 33.2 Å². The van der Waals surface area contributed by atoms with Gasteiger partial charge >= 0.3 is 0 Å². The summed E-state index contributed by atoms with van der Waals surface area (Å²) in [5, 5.41) is 2.15. The lowest BCUT2D eigenvalue weighted by atomic mass is 10.1. The van der Waals surface area contributed by atoms with Crippen molar-refractivity contribution in [2.75, 3.05) is 22.7 Å². The lowest BCUT2D eigenvalue weighted by molar-refractivity contribution is -0.116. The van der Waals surface area contributed by atoms with Gasteiger partial charge in [0.2, 0.25) is 5.91 Å². The molecule has 0 spiro atoms. The molecule has 0 radical (unpaired) electrons. The minimum Gasteiger partial charge on any atom is -0.330 e. The number of hydrogen-bond acceptors (Lipinski definition) is 4. The topological polar surface area (TPSA) is 86.8 Å². The molecule has 4 rings (SSSR count). The van der Waals surface area contributed by atoms with E-state index in [0.29, 0.717) is 12.1 Å². The van der Waals surface area contributed by atoms with E-state index in [9.17, 15) is 26.8 Å². The third kappa shape index (κ3) is 4.81. The van der Waals surface area contributed by atoms with Crippen LogP contribution in [-0.4, -0.2) is 44.3 Å². The van der Waals surface area contributed by atoms with E-state index in [1.165, 1.54) is 34.6 Å². The fourth-order valence-electron chi connectivity index (χ4n) is 4.29. The van der Waals surface area contributed by atoms with Gasteiger partial charge in [-0.3, -0.25) is 13.9 Å². The molecule has 1 aliphatic heterocycles. The number of nitrogens with zero attached hydrogens (tertiary/aromatic N) is 2. The zero-order valence-corrected chi connectivity index (χ0v) is 20.6. The monoisotopic (exact) mass is 513 g/mol. The fourth-order valence-corrected chi connectivity index (χ4v) is 6.02. The number of para-hydroxylation sites is 2. The number of carbonyl (C=O) groups excluding carboxylic acids is 2. The van der Waals surface area contributed by atoms with Crippen LogP contribution in [-0.2, 0) is 21.2 Å². The number of fused-ring (bicyclic) bond motifs is 1. The second-order valence-corrected chi connectivity index (χ2v) is 10.3. The first-order chi connectivity index (χ1) is 17.1. The van der Waals surface area contributed by atoms with Crippen molar-refractivity contribution in [2.24, 2.45) is 0 Å². The highest BCUT2D eigenvalue weighted by molar-refractivity contribution is 7.92. The average Bonchev–Trinajstić information content (AvgIpc) is 3.21. The van der Waals surface area contributed by atoms with Crippen molar-refractivity contribution in [3.8, 4) is 0 Å². The molecule has 0 unspecified atom stereocenters. The van der Waals surface area contributed by atoms with E-state index in [4.69, 9.17) is 0 Å². The van der Waals surface area contributed by atoms with Crippen LogP contribution in [0.5, 0.6) is 0 Å². The van der Waals surface area contributed by atoms with Crippen LogP contribution in [0.25, 0.3) is 0 Å². The normalized spacial score (nSPS) is 14.9. The number of sulfonamides is 1. The highest BCUT2D eigenvalue weighted by Crippen LogP contribution is 2.36. The summed E-state index contributed by atoms with van der Waals surface area (Å²) >= 11 is 0. The average molecular weight is 514 g/mol. The van der Waals surface area contributed by atoms with Crippen molar-refractivity contribution in [1.82, 2.24) is 4.90 Å². The molecule has 0 fully saturated rings.